The lowest BCUT2D eigenvalue weighted by Gasteiger charge is -2.16. The molecule has 3 atom stereocenters. The summed E-state index contributed by atoms with van der Waals surface area (Å²) in [6.07, 6.45) is 5.57. The average Bonchev–Trinajstić information content (AvgIpc) is 3.12. The molecule has 98 valence electrons. The second-order valence-corrected chi connectivity index (χ2v) is 5.96. The summed E-state index contributed by atoms with van der Waals surface area (Å²) < 4.78 is 5.47. The first-order valence-electron chi connectivity index (χ1n) is 7.12. The Balaban J connectivity index is 1.84. The molecule has 18 heavy (non-hydrogen) atoms. The van der Waals surface area contributed by atoms with Gasteiger partial charge in [0, 0.05) is 11.6 Å². The van der Waals surface area contributed by atoms with Crippen molar-refractivity contribution < 1.29 is 4.74 Å². The van der Waals surface area contributed by atoms with Crippen LogP contribution in [0.2, 0.25) is 0 Å². The van der Waals surface area contributed by atoms with Crippen LogP contribution in [0.4, 0.5) is 0 Å². The van der Waals surface area contributed by atoms with Gasteiger partial charge in [0.05, 0.1) is 7.11 Å². The van der Waals surface area contributed by atoms with Crippen molar-refractivity contribution in [3.05, 3.63) is 29.3 Å². The third-order valence-electron chi connectivity index (χ3n) is 4.88. The van der Waals surface area contributed by atoms with E-state index in [-0.39, 0.29) is 6.04 Å². The van der Waals surface area contributed by atoms with Crippen molar-refractivity contribution in [2.24, 2.45) is 23.5 Å². The van der Waals surface area contributed by atoms with E-state index in [9.17, 15) is 0 Å². The summed E-state index contributed by atoms with van der Waals surface area (Å²) in [6.45, 7) is 2.12. The second kappa shape index (κ2) is 4.58. The van der Waals surface area contributed by atoms with Gasteiger partial charge in [-0.05, 0) is 43.6 Å². The Labute approximate surface area is 110 Å². The maximum atomic E-state index is 6.53. The van der Waals surface area contributed by atoms with Crippen LogP contribution in [0.5, 0.6) is 5.75 Å². The maximum absolute atomic E-state index is 6.53. The molecule has 0 bridgehead atoms. The van der Waals surface area contributed by atoms with Crippen molar-refractivity contribution in [2.45, 2.75) is 38.6 Å². The van der Waals surface area contributed by atoms with Crippen molar-refractivity contribution in [1.29, 1.82) is 0 Å². The molecule has 2 nitrogen and oxygen atoms in total. The van der Waals surface area contributed by atoms with Gasteiger partial charge in [0.15, 0.2) is 0 Å². The first kappa shape index (κ1) is 12.0. The van der Waals surface area contributed by atoms with E-state index >= 15 is 0 Å². The van der Waals surface area contributed by atoms with Gasteiger partial charge in [0.1, 0.15) is 5.75 Å². The number of methoxy groups -OCH3 is 1. The molecule has 0 saturated heterocycles. The van der Waals surface area contributed by atoms with Gasteiger partial charge in [-0.2, -0.15) is 0 Å². The number of aryl methyl sites for hydroxylation is 1. The van der Waals surface area contributed by atoms with Gasteiger partial charge >= 0.3 is 0 Å². The molecular formula is C16H23NO. The minimum Gasteiger partial charge on any atom is -0.496 e. The molecule has 0 spiro atoms. The molecular weight excluding hydrogens is 222 g/mol. The van der Waals surface area contributed by atoms with E-state index in [4.69, 9.17) is 10.5 Å². The van der Waals surface area contributed by atoms with Gasteiger partial charge in [0.2, 0.25) is 0 Å². The van der Waals surface area contributed by atoms with Crippen LogP contribution in [0.15, 0.2) is 18.2 Å². The lowest BCUT2D eigenvalue weighted by Crippen LogP contribution is -2.15. The molecule has 0 heterocycles. The van der Waals surface area contributed by atoms with Crippen molar-refractivity contribution in [2.75, 3.05) is 7.11 Å². The van der Waals surface area contributed by atoms with E-state index < -0.39 is 0 Å². The van der Waals surface area contributed by atoms with Crippen molar-refractivity contribution >= 4 is 0 Å². The minimum atomic E-state index is 0.160. The number of ether oxygens (including phenoxy) is 1. The molecule has 2 saturated carbocycles. The molecule has 0 radical (unpaired) electrons. The SMILES string of the molecule is COc1ccc(C)cc1C(N)C1C2CCCCC21. The van der Waals surface area contributed by atoms with Gasteiger partial charge in [0.25, 0.3) is 0 Å². The Bertz CT molecular complexity index is 431. The van der Waals surface area contributed by atoms with Crippen LogP contribution in [-0.2, 0) is 0 Å². The Morgan fingerprint density at radius 3 is 2.50 bits per heavy atom. The van der Waals surface area contributed by atoms with E-state index in [1.165, 1.54) is 36.8 Å². The highest BCUT2D eigenvalue weighted by molar-refractivity contribution is 5.40. The zero-order chi connectivity index (χ0) is 12.7. The quantitative estimate of drug-likeness (QED) is 0.885. The molecule has 0 aromatic heterocycles. The Morgan fingerprint density at radius 2 is 1.89 bits per heavy atom. The summed E-state index contributed by atoms with van der Waals surface area (Å²) >= 11 is 0. The molecule has 2 aliphatic carbocycles. The fourth-order valence-corrected chi connectivity index (χ4v) is 3.90. The standard InChI is InChI=1S/C16H23NO/c1-10-7-8-14(18-2)13(9-10)16(17)15-11-5-3-4-6-12(11)15/h7-9,11-12,15-16H,3-6,17H2,1-2H3. The molecule has 2 N–H and O–H groups in total. The van der Waals surface area contributed by atoms with Crippen LogP contribution in [0, 0.1) is 24.7 Å². The Kier molecular flexibility index (Phi) is 3.06. The zero-order valence-electron chi connectivity index (χ0n) is 11.4. The third kappa shape index (κ3) is 1.93. The summed E-state index contributed by atoms with van der Waals surface area (Å²) in [5.41, 5.74) is 9.00. The van der Waals surface area contributed by atoms with E-state index in [1.807, 2.05) is 0 Å². The van der Waals surface area contributed by atoms with Crippen LogP contribution in [0.3, 0.4) is 0 Å². The number of hydrogen-bond acceptors (Lipinski definition) is 2. The number of fused-ring (bicyclic) bond motifs is 1. The molecule has 1 aromatic carbocycles. The van der Waals surface area contributed by atoms with Crippen LogP contribution >= 0.6 is 0 Å². The first-order chi connectivity index (χ1) is 8.72. The lowest BCUT2D eigenvalue weighted by atomic mass is 9.98. The highest BCUT2D eigenvalue weighted by Gasteiger charge is 2.53. The lowest BCUT2D eigenvalue weighted by molar-refractivity contribution is 0.400. The molecule has 3 unspecified atom stereocenters. The number of rotatable bonds is 3. The van der Waals surface area contributed by atoms with Crippen LogP contribution in [-0.4, -0.2) is 7.11 Å². The highest BCUT2D eigenvalue weighted by atomic mass is 16.5. The van der Waals surface area contributed by atoms with E-state index in [2.05, 4.69) is 25.1 Å². The van der Waals surface area contributed by atoms with Crippen molar-refractivity contribution in [3.63, 3.8) is 0 Å². The van der Waals surface area contributed by atoms with Gasteiger partial charge < -0.3 is 10.5 Å². The fourth-order valence-electron chi connectivity index (χ4n) is 3.90. The summed E-state index contributed by atoms with van der Waals surface area (Å²) in [4.78, 5) is 0. The zero-order valence-corrected chi connectivity index (χ0v) is 11.4. The van der Waals surface area contributed by atoms with Crippen LogP contribution in [0.25, 0.3) is 0 Å². The predicted molar refractivity (Wildman–Crippen MR) is 73.6 cm³/mol. The van der Waals surface area contributed by atoms with Gasteiger partial charge in [-0.25, -0.2) is 0 Å². The normalized spacial score (nSPS) is 31.6. The molecule has 2 aliphatic rings. The summed E-state index contributed by atoms with van der Waals surface area (Å²) in [5.74, 6) is 3.43. The number of benzene rings is 1. The number of hydrogen-bond donors (Lipinski definition) is 1. The van der Waals surface area contributed by atoms with E-state index in [0.717, 1.165) is 17.6 Å². The molecule has 0 amide bonds. The minimum absolute atomic E-state index is 0.160. The van der Waals surface area contributed by atoms with E-state index in [1.54, 1.807) is 7.11 Å². The molecule has 2 heteroatoms. The largest absolute Gasteiger partial charge is 0.496 e. The van der Waals surface area contributed by atoms with Crippen molar-refractivity contribution in [3.8, 4) is 5.75 Å². The smallest absolute Gasteiger partial charge is 0.123 e. The summed E-state index contributed by atoms with van der Waals surface area (Å²) in [7, 11) is 1.74. The average molecular weight is 245 g/mol. The molecule has 1 aromatic rings. The van der Waals surface area contributed by atoms with Crippen LogP contribution < -0.4 is 10.5 Å². The predicted octanol–water partition coefficient (Wildman–Crippen LogP) is 3.44. The second-order valence-electron chi connectivity index (χ2n) is 5.96. The van der Waals surface area contributed by atoms with E-state index in [0.29, 0.717) is 5.92 Å². The third-order valence-corrected chi connectivity index (χ3v) is 4.88. The molecule has 2 fully saturated rings. The molecule has 3 rings (SSSR count). The summed E-state index contributed by atoms with van der Waals surface area (Å²) in [5, 5.41) is 0. The monoisotopic (exact) mass is 245 g/mol. The van der Waals surface area contributed by atoms with Gasteiger partial charge in [-0.1, -0.05) is 30.5 Å². The Hall–Kier alpha value is -1.02. The van der Waals surface area contributed by atoms with Crippen molar-refractivity contribution in [1.82, 2.24) is 0 Å². The highest BCUT2D eigenvalue weighted by Crippen LogP contribution is 2.60. The summed E-state index contributed by atoms with van der Waals surface area (Å²) in [6, 6.07) is 6.51. The topological polar surface area (TPSA) is 35.2 Å². The van der Waals surface area contributed by atoms with Gasteiger partial charge in [-0.3, -0.25) is 0 Å². The fraction of sp³-hybridized carbons (Fsp3) is 0.625. The van der Waals surface area contributed by atoms with Crippen LogP contribution in [0.1, 0.15) is 42.9 Å². The first-order valence-corrected chi connectivity index (χ1v) is 7.12. The number of nitrogens with two attached hydrogens (primary N) is 1. The van der Waals surface area contributed by atoms with Gasteiger partial charge in [-0.15, -0.1) is 0 Å². The Morgan fingerprint density at radius 1 is 1.22 bits per heavy atom. The maximum Gasteiger partial charge on any atom is 0.123 e. The molecule has 0 aliphatic heterocycles.